The Kier molecular flexibility index (Phi) is 9.22. The third kappa shape index (κ3) is 8.02. The van der Waals surface area contributed by atoms with E-state index in [9.17, 15) is 14.0 Å². The second kappa shape index (κ2) is 11.2. The van der Waals surface area contributed by atoms with Crippen LogP contribution in [0.4, 0.5) is 4.39 Å². The van der Waals surface area contributed by atoms with E-state index >= 15 is 0 Å². The standard InChI is InChI=1S/C23H27Cl2FN2O2S/c1-15(22(30)27-23(2,3)4)28(12-16-8-10-17(24)11-9-16)21(29)14-31-13-18-19(25)6-5-7-20(18)26/h5-11,15H,12-14H2,1-4H3,(H,27,30)/t15-/m0/s1. The molecule has 2 aromatic rings. The van der Waals surface area contributed by atoms with Gasteiger partial charge in [0.1, 0.15) is 11.9 Å². The van der Waals surface area contributed by atoms with Crippen molar-refractivity contribution >= 4 is 46.8 Å². The molecule has 0 unspecified atom stereocenters. The van der Waals surface area contributed by atoms with Gasteiger partial charge < -0.3 is 10.2 Å². The largest absolute Gasteiger partial charge is 0.350 e. The third-order valence-corrected chi connectivity index (χ3v) is 6.02. The van der Waals surface area contributed by atoms with Crippen LogP contribution in [0.25, 0.3) is 0 Å². The van der Waals surface area contributed by atoms with Crippen molar-refractivity contribution in [3.05, 3.63) is 69.5 Å². The van der Waals surface area contributed by atoms with Crippen molar-refractivity contribution in [1.82, 2.24) is 10.2 Å². The molecule has 0 aliphatic heterocycles. The molecule has 0 aromatic heterocycles. The van der Waals surface area contributed by atoms with Gasteiger partial charge in [0.2, 0.25) is 11.8 Å². The minimum absolute atomic E-state index is 0.0887. The van der Waals surface area contributed by atoms with Crippen molar-refractivity contribution in [1.29, 1.82) is 0 Å². The summed E-state index contributed by atoms with van der Waals surface area (Å²) in [6.45, 7) is 7.62. The maximum absolute atomic E-state index is 14.0. The summed E-state index contributed by atoms with van der Waals surface area (Å²) in [5, 5.41) is 3.84. The number of hydrogen-bond acceptors (Lipinski definition) is 3. The summed E-state index contributed by atoms with van der Waals surface area (Å²) in [7, 11) is 0. The van der Waals surface area contributed by atoms with E-state index in [4.69, 9.17) is 23.2 Å². The smallest absolute Gasteiger partial charge is 0.242 e. The number of nitrogens with zero attached hydrogens (tertiary/aromatic N) is 1. The van der Waals surface area contributed by atoms with Gasteiger partial charge in [-0.3, -0.25) is 9.59 Å². The van der Waals surface area contributed by atoms with Gasteiger partial charge >= 0.3 is 0 Å². The Hall–Kier alpha value is -1.76. The predicted molar refractivity (Wildman–Crippen MR) is 127 cm³/mol. The fraction of sp³-hybridized carbons (Fsp3) is 0.391. The van der Waals surface area contributed by atoms with E-state index in [1.54, 1.807) is 31.2 Å². The average Bonchev–Trinajstić information content (AvgIpc) is 2.67. The van der Waals surface area contributed by atoms with Gasteiger partial charge in [-0.05, 0) is 57.5 Å². The van der Waals surface area contributed by atoms with Crippen molar-refractivity contribution in [2.75, 3.05) is 5.75 Å². The van der Waals surface area contributed by atoms with Crippen LogP contribution in [0.3, 0.4) is 0 Å². The molecular weight excluding hydrogens is 458 g/mol. The predicted octanol–water partition coefficient (Wildman–Crippen LogP) is 5.70. The normalized spacial score (nSPS) is 12.4. The monoisotopic (exact) mass is 484 g/mol. The first kappa shape index (κ1) is 25.5. The summed E-state index contributed by atoms with van der Waals surface area (Å²) < 4.78 is 14.0. The number of halogens is 3. The van der Waals surface area contributed by atoms with Gasteiger partial charge in [-0.2, -0.15) is 0 Å². The highest BCUT2D eigenvalue weighted by atomic mass is 35.5. The second-order valence-electron chi connectivity index (χ2n) is 8.26. The molecule has 168 valence electrons. The van der Waals surface area contributed by atoms with Crippen LogP contribution in [-0.4, -0.2) is 34.0 Å². The summed E-state index contributed by atoms with van der Waals surface area (Å²) in [6.07, 6.45) is 0. The molecule has 0 spiro atoms. The van der Waals surface area contributed by atoms with Crippen LogP contribution in [0.1, 0.15) is 38.8 Å². The van der Waals surface area contributed by atoms with Crippen molar-refractivity contribution < 1.29 is 14.0 Å². The lowest BCUT2D eigenvalue weighted by molar-refractivity contribution is -0.139. The number of benzene rings is 2. The van der Waals surface area contributed by atoms with E-state index < -0.39 is 17.4 Å². The third-order valence-electron chi connectivity index (χ3n) is 4.47. The highest BCUT2D eigenvalue weighted by molar-refractivity contribution is 7.99. The lowest BCUT2D eigenvalue weighted by Crippen LogP contribution is -2.52. The first-order valence-corrected chi connectivity index (χ1v) is 11.8. The van der Waals surface area contributed by atoms with E-state index in [0.29, 0.717) is 15.6 Å². The Morgan fingerprint density at radius 2 is 1.77 bits per heavy atom. The fourth-order valence-electron chi connectivity index (χ4n) is 2.84. The lowest BCUT2D eigenvalue weighted by atomic mass is 10.1. The number of thioether (sulfide) groups is 1. The molecule has 0 aliphatic carbocycles. The topological polar surface area (TPSA) is 49.4 Å². The lowest BCUT2D eigenvalue weighted by Gasteiger charge is -2.31. The van der Waals surface area contributed by atoms with Crippen molar-refractivity contribution in [3.63, 3.8) is 0 Å². The van der Waals surface area contributed by atoms with Crippen LogP contribution in [0, 0.1) is 5.82 Å². The molecule has 2 rings (SSSR count). The average molecular weight is 485 g/mol. The van der Waals surface area contributed by atoms with Gasteiger partial charge in [0.05, 0.1) is 5.75 Å². The summed E-state index contributed by atoms with van der Waals surface area (Å²) in [6, 6.07) is 11.0. The summed E-state index contributed by atoms with van der Waals surface area (Å²) in [4.78, 5) is 27.3. The van der Waals surface area contributed by atoms with Gasteiger partial charge in [0.25, 0.3) is 0 Å². The Morgan fingerprint density at radius 3 is 2.35 bits per heavy atom. The number of nitrogens with one attached hydrogen (secondary N) is 1. The quantitative estimate of drug-likeness (QED) is 0.522. The van der Waals surface area contributed by atoms with Crippen LogP contribution in [-0.2, 0) is 21.9 Å². The molecule has 8 heteroatoms. The SMILES string of the molecule is C[C@@H](C(=O)NC(C)(C)C)N(Cc1ccc(Cl)cc1)C(=O)CSCc1c(F)cccc1Cl. The Balaban J connectivity index is 2.13. The van der Waals surface area contributed by atoms with Crippen LogP contribution < -0.4 is 5.32 Å². The van der Waals surface area contributed by atoms with Crippen LogP contribution >= 0.6 is 35.0 Å². The molecule has 0 saturated heterocycles. The first-order valence-electron chi connectivity index (χ1n) is 9.84. The van der Waals surface area contributed by atoms with Gasteiger partial charge in [-0.15, -0.1) is 11.8 Å². The van der Waals surface area contributed by atoms with Crippen molar-refractivity contribution in [2.45, 2.75) is 51.6 Å². The summed E-state index contributed by atoms with van der Waals surface area (Å²) in [5.74, 6) is -0.510. The zero-order valence-electron chi connectivity index (χ0n) is 18.0. The van der Waals surface area contributed by atoms with Gasteiger partial charge in [-0.1, -0.05) is 41.4 Å². The molecular formula is C23H27Cl2FN2O2S. The highest BCUT2D eigenvalue weighted by Gasteiger charge is 2.28. The molecule has 0 fully saturated rings. The number of carbonyl (C=O) groups is 2. The molecule has 31 heavy (non-hydrogen) atoms. The zero-order chi connectivity index (χ0) is 23.2. The minimum Gasteiger partial charge on any atom is -0.350 e. The zero-order valence-corrected chi connectivity index (χ0v) is 20.4. The number of amides is 2. The van der Waals surface area contributed by atoms with Crippen molar-refractivity contribution in [3.8, 4) is 0 Å². The summed E-state index contributed by atoms with van der Waals surface area (Å²) in [5.41, 5.74) is 0.802. The molecule has 1 atom stereocenters. The second-order valence-corrected chi connectivity index (χ2v) is 10.1. The van der Waals surface area contributed by atoms with Crippen LogP contribution in [0.5, 0.6) is 0 Å². The maximum atomic E-state index is 14.0. The minimum atomic E-state index is -0.681. The number of hydrogen-bond donors (Lipinski definition) is 1. The molecule has 0 heterocycles. The Morgan fingerprint density at radius 1 is 1.13 bits per heavy atom. The van der Waals surface area contributed by atoms with Gasteiger partial charge in [0.15, 0.2) is 0 Å². The molecule has 1 N–H and O–H groups in total. The van der Waals surface area contributed by atoms with Gasteiger partial charge in [0, 0.05) is 33.4 Å². The van der Waals surface area contributed by atoms with E-state index in [-0.39, 0.29) is 29.9 Å². The fourth-order valence-corrected chi connectivity index (χ4v) is 4.21. The van der Waals surface area contributed by atoms with Crippen LogP contribution in [0.15, 0.2) is 42.5 Å². The highest BCUT2D eigenvalue weighted by Crippen LogP contribution is 2.24. The molecule has 0 radical (unpaired) electrons. The molecule has 0 bridgehead atoms. The van der Waals surface area contributed by atoms with E-state index in [0.717, 1.165) is 5.56 Å². The first-order chi connectivity index (χ1) is 14.5. The van der Waals surface area contributed by atoms with Crippen LogP contribution in [0.2, 0.25) is 10.0 Å². The Labute approximate surface area is 197 Å². The van der Waals surface area contributed by atoms with Crippen molar-refractivity contribution in [2.24, 2.45) is 0 Å². The molecule has 2 aromatic carbocycles. The van der Waals surface area contributed by atoms with Gasteiger partial charge in [-0.25, -0.2) is 4.39 Å². The summed E-state index contributed by atoms with van der Waals surface area (Å²) >= 11 is 13.3. The number of carbonyl (C=O) groups excluding carboxylic acids is 2. The molecule has 0 aliphatic rings. The Bertz CT molecular complexity index is 897. The number of rotatable bonds is 8. The van der Waals surface area contributed by atoms with E-state index in [1.807, 2.05) is 32.9 Å². The maximum Gasteiger partial charge on any atom is 0.242 e. The van der Waals surface area contributed by atoms with E-state index in [2.05, 4.69) is 5.32 Å². The molecule has 2 amide bonds. The molecule has 0 saturated carbocycles. The van der Waals surface area contributed by atoms with E-state index in [1.165, 1.54) is 22.7 Å². The molecule has 4 nitrogen and oxygen atoms in total.